The molecule has 0 aliphatic heterocycles. The largest absolute Gasteiger partial charge is 0.263 e. The highest BCUT2D eigenvalue weighted by molar-refractivity contribution is 8.14. The van der Waals surface area contributed by atoms with E-state index in [0.717, 1.165) is 5.56 Å². The maximum absolute atomic E-state index is 12.0. The summed E-state index contributed by atoms with van der Waals surface area (Å²) in [6, 6.07) is 6.59. The van der Waals surface area contributed by atoms with Crippen molar-refractivity contribution in [2.75, 3.05) is 12.8 Å². The van der Waals surface area contributed by atoms with E-state index in [2.05, 4.69) is 15.6 Å². The van der Waals surface area contributed by atoms with Crippen LogP contribution < -0.4 is 4.72 Å². The smallest absolute Gasteiger partial charge is 0.258 e. The van der Waals surface area contributed by atoms with E-state index >= 15 is 0 Å². The molecule has 96 valence electrons. The van der Waals surface area contributed by atoms with E-state index in [4.69, 9.17) is 6.42 Å². The molecule has 0 saturated carbocycles. The summed E-state index contributed by atoms with van der Waals surface area (Å²) >= 11 is 1.20. The molecule has 1 rings (SSSR count). The number of hydrogen-bond donors (Lipinski definition) is 1. The van der Waals surface area contributed by atoms with Crippen LogP contribution in [0.4, 0.5) is 0 Å². The number of benzene rings is 1. The summed E-state index contributed by atoms with van der Waals surface area (Å²) < 4.78 is 26.4. The minimum absolute atomic E-state index is 0.145. The molecular weight excluding hydrogens is 268 g/mol. The van der Waals surface area contributed by atoms with Crippen LogP contribution in [0.2, 0.25) is 0 Å². The van der Waals surface area contributed by atoms with Crippen molar-refractivity contribution in [3.8, 4) is 12.3 Å². The normalized spacial score (nSPS) is 11.9. The maximum Gasteiger partial charge on any atom is 0.263 e. The van der Waals surface area contributed by atoms with Crippen molar-refractivity contribution in [1.82, 2.24) is 4.72 Å². The van der Waals surface area contributed by atoms with E-state index in [1.807, 2.05) is 6.92 Å². The van der Waals surface area contributed by atoms with Crippen LogP contribution >= 0.6 is 11.8 Å². The quantitative estimate of drug-likeness (QED) is 0.521. The molecule has 0 atom stereocenters. The third kappa shape index (κ3) is 4.09. The molecule has 0 bridgehead atoms. The Hall–Kier alpha value is -1.45. The summed E-state index contributed by atoms with van der Waals surface area (Å²) in [5, 5.41) is 0.286. The predicted molar refractivity (Wildman–Crippen MR) is 76.2 cm³/mol. The lowest BCUT2D eigenvalue weighted by Gasteiger charge is -2.08. The zero-order chi connectivity index (χ0) is 13.6. The third-order valence-corrected chi connectivity index (χ3v) is 4.16. The van der Waals surface area contributed by atoms with Crippen molar-refractivity contribution in [2.45, 2.75) is 11.8 Å². The van der Waals surface area contributed by atoms with Gasteiger partial charge in [-0.2, -0.15) is 0 Å². The summed E-state index contributed by atoms with van der Waals surface area (Å²) in [6.45, 7) is 2.04. The van der Waals surface area contributed by atoms with E-state index in [1.165, 1.54) is 11.8 Å². The van der Waals surface area contributed by atoms with Crippen molar-refractivity contribution >= 4 is 27.0 Å². The Morgan fingerprint density at radius 1 is 1.44 bits per heavy atom. The summed E-state index contributed by atoms with van der Waals surface area (Å²) in [5.74, 6) is 2.33. The van der Waals surface area contributed by atoms with Gasteiger partial charge in [0, 0.05) is 0 Å². The van der Waals surface area contributed by atoms with Gasteiger partial charge in [0.2, 0.25) is 0 Å². The average molecular weight is 282 g/mol. The maximum atomic E-state index is 12.0. The van der Waals surface area contributed by atoms with E-state index in [-0.39, 0.29) is 16.6 Å². The van der Waals surface area contributed by atoms with Crippen LogP contribution in [0.3, 0.4) is 0 Å². The zero-order valence-electron chi connectivity index (χ0n) is 10.2. The molecule has 6 heteroatoms. The molecule has 1 aromatic carbocycles. The van der Waals surface area contributed by atoms with E-state index in [9.17, 15) is 8.42 Å². The molecule has 0 aromatic heterocycles. The summed E-state index contributed by atoms with van der Waals surface area (Å²) in [6.07, 6.45) is 6.81. The molecule has 0 amide bonds. The van der Waals surface area contributed by atoms with Crippen molar-refractivity contribution in [1.29, 1.82) is 0 Å². The van der Waals surface area contributed by atoms with Crippen LogP contribution in [0.1, 0.15) is 5.56 Å². The van der Waals surface area contributed by atoms with Gasteiger partial charge in [-0.3, -0.25) is 4.72 Å². The number of aryl methyl sites for hydroxylation is 1. The number of terminal acetylenes is 1. The molecule has 0 saturated heterocycles. The van der Waals surface area contributed by atoms with Gasteiger partial charge in [-0.05, 0) is 25.3 Å². The minimum atomic E-state index is -3.59. The third-order valence-electron chi connectivity index (χ3n) is 2.06. The van der Waals surface area contributed by atoms with Crippen molar-refractivity contribution < 1.29 is 8.42 Å². The SMILES string of the molecule is C#CCN=C(NS(=O)(=O)c1ccc(C)cc1)SC. The van der Waals surface area contributed by atoms with Crippen LogP contribution in [-0.2, 0) is 10.0 Å². The molecule has 0 fully saturated rings. The fourth-order valence-electron chi connectivity index (χ4n) is 1.15. The van der Waals surface area contributed by atoms with Crippen molar-refractivity contribution in [3.63, 3.8) is 0 Å². The minimum Gasteiger partial charge on any atom is -0.258 e. The number of aliphatic imine (C=N–C) groups is 1. The highest BCUT2D eigenvalue weighted by Crippen LogP contribution is 2.11. The molecular formula is C12H14N2O2S2. The van der Waals surface area contributed by atoms with Crippen LogP contribution in [0.25, 0.3) is 0 Å². The van der Waals surface area contributed by atoms with Crippen LogP contribution in [0.15, 0.2) is 34.2 Å². The van der Waals surface area contributed by atoms with Crippen LogP contribution in [0, 0.1) is 19.3 Å². The fourth-order valence-corrected chi connectivity index (χ4v) is 2.91. The summed E-state index contributed by atoms with van der Waals surface area (Å²) in [7, 11) is -3.59. The number of nitrogens with one attached hydrogen (secondary N) is 1. The second-order valence-electron chi connectivity index (χ2n) is 3.45. The summed E-state index contributed by atoms with van der Waals surface area (Å²) in [5.41, 5.74) is 1.00. The predicted octanol–water partition coefficient (Wildman–Crippen LogP) is 1.63. The summed E-state index contributed by atoms with van der Waals surface area (Å²) in [4.78, 5) is 4.15. The Bertz CT molecular complexity index is 569. The Morgan fingerprint density at radius 3 is 2.56 bits per heavy atom. The van der Waals surface area contributed by atoms with Gasteiger partial charge in [0.25, 0.3) is 10.0 Å². The number of hydrogen-bond acceptors (Lipinski definition) is 4. The van der Waals surface area contributed by atoms with E-state index in [0.29, 0.717) is 0 Å². The molecule has 0 aliphatic carbocycles. The Morgan fingerprint density at radius 2 is 2.06 bits per heavy atom. The number of thioether (sulfide) groups is 1. The molecule has 0 radical (unpaired) electrons. The number of nitrogens with zero attached hydrogens (tertiary/aromatic N) is 1. The van der Waals surface area contributed by atoms with Gasteiger partial charge in [0.1, 0.15) is 6.54 Å². The number of rotatable bonds is 3. The van der Waals surface area contributed by atoms with Crippen molar-refractivity contribution in [3.05, 3.63) is 29.8 Å². The van der Waals surface area contributed by atoms with Crippen LogP contribution in [-0.4, -0.2) is 26.4 Å². The molecule has 0 unspecified atom stereocenters. The molecule has 4 nitrogen and oxygen atoms in total. The highest BCUT2D eigenvalue weighted by atomic mass is 32.2. The number of amidine groups is 1. The lowest BCUT2D eigenvalue weighted by atomic mass is 10.2. The van der Waals surface area contributed by atoms with Gasteiger partial charge in [-0.15, -0.1) is 6.42 Å². The average Bonchev–Trinajstić information content (AvgIpc) is 2.35. The van der Waals surface area contributed by atoms with Crippen molar-refractivity contribution in [2.24, 2.45) is 4.99 Å². The lowest BCUT2D eigenvalue weighted by molar-refractivity contribution is 0.593. The molecule has 1 aromatic rings. The Kier molecular flexibility index (Phi) is 5.25. The highest BCUT2D eigenvalue weighted by Gasteiger charge is 2.15. The van der Waals surface area contributed by atoms with E-state index < -0.39 is 10.0 Å². The van der Waals surface area contributed by atoms with Gasteiger partial charge in [-0.25, -0.2) is 13.4 Å². The van der Waals surface area contributed by atoms with Gasteiger partial charge in [0.15, 0.2) is 5.17 Å². The second kappa shape index (κ2) is 6.47. The number of sulfonamides is 1. The topological polar surface area (TPSA) is 58.5 Å². The second-order valence-corrected chi connectivity index (χ2v) is 5.93. The molecule has 18 heavy (non-hydrogen) atoms. The molecule has 0 heterocycles. The van der Waals surface area contributed by atoms with E-state index in [1.54, 1.807) is 30.5 Å². The first-order valence-electron chi connectivity index (χ1n) is 5.11. The monoisotopic (exact) mass is 282 g/mol. The van der Waals surface area contributed by atoms with Gasteiger partial charge >= 0.3 is 0 Å². The molecule has 1 N–H and O–H groups in total. The first-order valence-corrected chi connectivity index (χ1v) is 7.82. The van der Waals surface area contributed by atoms with Gasteiger partial charge in [0.05, 0.1) is 4.90 Å². The standard InChI is InChI=1S/C12H14N2O2S2/c1-4-9-13-12(17-3)14-18(15,16)11-7-5-10(2)6-8-11/h1,5-8H,9H2,2-3H3,(H,13,14). The first kappa shape index (κ1) is 14.6. The Labute approximate surface area is 112 Å². The lowest BCUT2D eigenvalue weighted by Crippen LogP contribution is -2.28. The zero-order valence-corrected chi connectivity index (χ0v) is 11.8. The molecule has 0 spiro atoms. The fraction of sp³-hybridized carbons (Fsp3) is 0.250. The Balaban J connectivity index is 2.94. The first-order chi connectivity index (χ1) is 8.49. The van der Waals surface area contributed by atoms with Gasteiger partial charge < -0.3 is 0 Å². The van der Waals surface area contributed by atoms with Crippen LogP contribution in [0.5, 0.6) is 0 Å². The van der Waals surface area contributed by atoms with Gasteiger partial charge in [-0.1, -0.05) is 35.4 Å². The molecule has 0 aliphatic rings.